The number of halogens is 1. The molecule has 3 heterocycles. The lowest BCUT2D eigenvalue weighted by Crippen LogP contribution is -2.34. The Labute approximate surface area is 138 Å². The number of ether oxygens (including phenoxy) is 2. The summed E-state index contributed by atoms with van der Waals surface area (Å²) in [6.07, 6.45) is 0.835. The van der Waals surface area contributed by atoms with Crippen molar-refractivity contribution in [2.75, 3.05) is 13.3 Å². The van der Waals surface area contributed by atoms with E-state index in [1.54, 1.807) is 13.1 Å². The second kappa shape index (κ2) is 5.54. The first kappa shape index (κ1) is 14.5. The summed E-state index contributed by atoms with van der Waals surface area (Å²) in [6, 6.07) is 5.56. The van der Waals surface area contributed by atoms with Crippen molar-refractivity contribution in [2.24, 2.45) is 7.05 Å². The largest absolute Gasteiger partial charge is 0.454 e. The molecule has 0 amide bonds. The van der Waals surface area contributed by atoms with Crippen LogP contribution in [0.25, 0.3) is 0 Å². The topological polar surface area (TPSA) is 56.6 Å². The van der Waals surface area contributed by atoms with Gasteiger partial charge in [-0.1, -0.05) is 11.6 Å². The van der Waals surface area contributed by atoms with Gasteiger partial charge in [0.1, 0.15) is 0 Å². The van der Waals surface area contributed by atoms with E-state index < -0.39 is 0 Å². The van der Waals surface area contributed by atoms with Crippen molar-refractivity contribution in [3.8, 4) is 11.5 Å². The van der Waals surface area contributed by atoms with Gasteiger partial charge in [0.15, 0.2) is 11.5 Å². The minimum atomic E-state index is -0.0725. The van der Waals surface area contributed by atoms with E-state index in [1.165, 1.54) is 4.68 Å². The molecule has 0 bridgehead atoms. The molecule has 6 nitrogen and oxygen atoms in total. The molecule has 0 radical (unpaired) electrons. The lowest BCUT2D eigenvalue weighted by molar-refractivity contribution is 0.174. The Morgan fingerprint density at radius 1 is 1.30 bits per heavy atom. The monoisotopic (exact) mass is 333 g/mol. The van der Waals surface area contributed by atoms with Crippen LogP contribution in [0.15, 0.2) is 23.0 Å². The normalized spacial score (nSPS) is 16.4. The summed E-state index contributed by atoms with van der Waals surface area (Å²) in [7, 11) is 1.68. The van der Waals surface area contributed by atoms with Crippen molar-refractivity contribution >= 4 is 11.6 Å². The summed E-state index contributed by atoms with van der Waals surface area (Å²) in [5.41, 5.74) is 3.01. The first-order valence-corrected chi connectivity index (χ1v) is 7.84. The van der Waals surface area contributed by atoms with Gasteiger partial charge in [0.05, 0.1) is 10.7 Å². The Kier molecular flexibility index (Phi) is 3.50. The van der Waals surface area contributed by atoms with Gasteiger partial charge in [0.2, 0.25) is 6.79 Å². The fourth-order valence-corrected chi connectivity index (χ4v) is 3.34. The van der Waals surface area contributed by atoms with E-state index in [2.05, 4.69) is 10.00 Å². The average molecular weight is 334 g/mol. The second-order valence-electron chi connectivity index (χ2n) is 5.85. The minimum Gasteiger partial charge on any atom is -0.454 e. The summed E-state index contributed by atoms with van der Waals surface area (Å²) in [5, 5.41) is 4.91. The Morgan fingerprint density at radius 2 is 2.17 bits per heavy atom. The number of benzene rings is 1. The van der Waals surface area contributed by atoms with E-state index in [1.807, 2.05) is 12.1 Å². The van der Waals surface area contributed by atoms with Crippen LogP contribution in [0.2, 0.25) is 5.02 Å². The molecule has 0 aliphatic carbocycles. The molecule has 0 unspecified atom stereocenters. The summed E-state index contributed by atoms with van der Waals surface area (Å²) in [6.45, 7) is 2.56. The van der Waals surface area contributed by atoms with E-state index >= 15 is 0 Å². The Morgan fingerprint density at radius 3 is 3.04 bits per heavy atom. The number of nitrogens with zero attached hydrogens (tertiary/aromatic N) is 3. The SMILES string of the molecule is Cn1nc2c(cc1=O)CN(Cc1cc(Cl)c3c(c1)OCO3)CC2. The predicted molar refractivity (Wildman–Crippen MR) is 84.9 cm³/mol. The third-order valence-corrected chi connectivity index (χ3v) is 4.49. The van der Waals surface area contributed by atoms with Gasteiger partial charge in [0, 0.05) is 39.2 Å². The fourth-order valence-electron chi connectivity index (χ4n) is 3.06. The molecule has 0 N–H and O–H groups in total. The smallest absolute Gasteiger partial charge is 0.266 e. The van der Waals surface area contributed by atoms with E-state index in [0.717, 1.165) is 36.3 Å². The molecule has 120 valence electrons. The van der Waals surface area contributed by atoms with Gasteiger partial charge in [-0.2, -0.15) is 5.10 Å². The summed E-state index contributed by atoms with van der Waals surface area (Å²) in [4.78, 5) is 14.0. The molecule has 2 aliphatic heterocycles. The van der Waals surface area contributed by atoms with E-state index in [0.29, 0.717) is 23.1 Å². The summed E-state index contributed by atoms with van der Waals surface area (Å²) >= 11 is 6.23. The van der Waals surface area contributed by atoms with Crippen molar-refractivity contribution in [3.05, 3.63) is 50.4 Å². The van der Waals surface area contributed by atoms with Crippen LogP contribution in [0, 0.1) is 0 Å². The zero-order valence-electron chi connectivity index (χ0n) is 12.7. The lowest BCUT2D eigenvalue weighted by atomic mass is 10.1. The first-order valence-electron chi connectivity index (χ1n) is 7.46. The standard InChI is InChI=1S/C16H16ClN3O3/c1-19-15(21)6-11-8-20(3-2-13(11)18-19)7-10-4-12(17)16-14(5-10)22-9-23-16/h4-6H,2-3,7-9H2,1H3. The maximum Gasteiger partial charge on any atom is 0.266 e. The molecule has 0 saturated heterocycles. The Balaban J connectivity index is 1.55. The molecule has 0 atom stereocenters. The van der Waals surface area contributed by atoms with Crippen LogP contribution in [-0.4, -0.2) is 28.0 Å². The van der Waals surface area contributed by atoms with Crippen molar-refractivity contribution in [1.29, 1.82) is 0 Å². The minimum absolute atomic E-state index is 0.0725. The maximum absolute atomic E-state index is 11.8. The highest BCUT2D eigenvalue weighted by atomic mass is 35.5. The van der Waals surface area contributed by atoms with E-state index in [4.69, 9.17) is 21.1 Å². The van der Waals surface area contributed by atoms with Crippen LogP contribution in [0.1, 0.15) is 16.8 Å². The van der Waals surface area contributed by atoms with Gasteiger partial charge in [-0.3, -0.25) is 9.69 Å². The van der Waals surface area contributed by atoms with Crippen LogP contribution in [0.3, 0.4) is 0 Å². The Bertz CT molecular complexity index is 834. The Hall–Kier alpha value is -2.05. The molecule has 0 fully saturated rings. The summed E-state index contributed by atoms with van der Waals surface area (Å²) < 4.78 is 12.1. The fraction of sp³-hybridized carbons (Fsp3) is 0.375. The lowest BCUT2D eigenvalue weighted by Gasteiger charge is -2.28. The molecule has 0 spiro atoms. The third kappa shape index (κ3) is 2.68. The highest BCUT2D eigenvalue weighted by Crippen LogP contribution is 2.40. The zero-order chi connectivity index (χ0) is 16.0. The van der Waals surface area contributed by atoms with Gasteiger partial charge in [0.25, 0.3) is 5.56 Å². The zero-order valence-corrected chi connectivity index (χ0v) is 13.5. The van der Waals surface area contributed by atoms with Crippen LogP contribution in [0.4, 0.5) is 0 Å². The van der Waals surface area contributed by atoms with Gasteiger partial charge in [-0.25, -0.2) is 4.68 Å². The van der Waals surface area contributed by atoms with Crippen molar-refractivity contribution < 1.29 is 9.47 Å². The first-order chi connectivity index (χ1) is 11.1. The highest BCUT2D eigenvalue weighted by molar-refractivity contribution is 6.32. The predicted octanol–water partition coefficient (Wildman–Crippen LogP) is 1.72. The van der Waals surface area contributed by atoms with Gasteiger partial charge >= 0.3 is 0 Å². The third-order valence-electron chi connectivity index (χ3n) is 4.21. The van der Waals surface area contributed by atoms with Crippen molar-refractivity contribution in [1.82, 2.24) is 14.7 Å². The molecule has 2 aliphatic rings. The van der Waals surface area contributed by atoms with Crippen molar-refractivity contribution in [3.63, 3.8) is 0 Å². The molecule has 23 heavy (non-hydrogen) atoms. The number of hydrogen-bond acceptors (Lipinski definition) is 5. The second-order valence-corrected chi connectivity index (χ2v) is 6.26. The molecule has 4 rings (SSSR count). The quantitative estimate of drug-likeness (QED) is 0.837. The number of hydrogen-bond donors (Lipinski definition) is 0. The number of fused-ring (bicyclic) bond motifs is 2. The van der Waals surface area contributed by atoms with Crippen LogP contribution in [0.5, 0.6) is 11.5 Å². The van der Waals surface area contributed by atoms with E-state index in [9.17, 15) is 4.79 Å². The molecule has 7 heteroatoms. The molecule has 1 aromatic heterocycles. The number of rotatable bonds is 2. The number of aromatic nitrogens is 2. The summed E-state index contributed by atoms with van der Waals surface area (Å²) in [5.74, 6) is 1.31. The van der Waals surface area contributed by atoms with Crippen LogP contribution >= 0.6 is 11.6 Å². The maximum atomic E-state index is 11.8. The average Bonchev–Trinajstić information content (AvgIpc) is 2.98. The van der Waals surface area contributed by atoms with Gasteiger partial charge in [-0.15, -0.1) is 0 Å². The molecular weight excluding hydrogens is 318 g/mol. The number of aryl methyl sites for hydroxylation is 1. The van der Waals surface area contributed by atoms with Crippen LogP contribution in [-0.2, 0) is 26.6 Å². The molecule has 2 aromatic rings. The molecule has 1 aromatic carbocycles. The molecular formula is C16H16ClN3O3. The van der Waals surface area contributed by atoms with Gasteiger partial charge < -0.3 is 9.47 Å². The van der Waals surface area contributed by atoms with Gasteiger partial charge in [-0.05, 0) is 23.3 Å². The highest BCUT2D eigenvalue weighted by Gasteiger charge is 2.22. The molecule has 0 saturated carbocycles. The van der Waals surface area contributed by atoms with E-state index in [-0.39, 0.29) is 12.4 Å². The van der Waals surface area contributed by atoms with Crippen molar-refractivity contribution in [2.45, 2.75) is 19.5 Å². The van der Waals surface area contributed by atoms with Crippen LogP contribution < -0.4 is 15.0 Å².